The monoisotopic (exact) mass is 500 g/mol. The fourth-order valence-electron chi connectivity index (χ4n) is 6.33. The van der Waals surface area contributed by atoms with Gasteiger partial charge in [0, 0.05) is 30.4 Å². The second kappa shape index (κ2) is 9.84. The first-order valence-corrected chi connectivity index (χ1v) is 13.4. The third kappa shape index (κ3) is 4.38. The average molecular weight is 501 g/mol. The molecule has 6 nitrogen and oxygen atoms in total. The summed E-state index contributed by atoms with van der Waals surface area (Å²) in [5.41, 5.74) is -1.05. The quantitative estimate of drug-likeness (QED) is 0.255. The highest BCUT2D eigenvalue weighted by Crippen LogP contribution is 2.48. The minimum Gasteiger partial charge on any atom is -0.494 e. The SMILES string of the molecule is O=C(O[C@@H]1CC2CC[N+]1(CCCCOc1ccccc1)CC2)C1(O)c2ccccc2Oc2ccccc21. The molecule has 0 amide bonds. The summed E-state index contributed by atoms with van der Waals surface area (Å²) in [7, 11) is 0. The molecule has 3 fully saturated rings. The lowest BCUT2D eigenvalue weighted by molar-refractivity contribution is -0.984. The molecule has 4 heterocycles. The molecule has 1 N–H and O–H groups in total. The molecule has 3 aromatic rings. The van der Waals surface area contributed by atoms with Gasteiger partial charge in [-0.3, -0.25) is 4.48 Å². The van der Waals surface area contributed by atoms with Gasteiger partial charge in [-0.2, -0.15) is 0 Å². The molecule has 4 aliphatic rings. The van der Waals surface area contributed by atoms with E-state index in [1.165, 1.54) is 12.8 Å². The van der Waals surface area contributed by atoms with E-state index >= 15 is 0 Å². The molecule has 0 unspecified atom stereocenters. The van der Waals surface area contributed by atoms with Crippen molar-refractivity contribution in [2.24, 2.45) is 5.92 Å². The van der Waals surface area contributed by atoms with E-state index in [4.69, 9.17) is 14.2 Å². The van der Waals surface area contributed by atoms with Crippen molar-refractivity contribution in [1.82, 2.24) is 0 Å². The summed E-state index contributed by atoms with van der Waals surface area (Å²) in [4.78, 5) is 13.9. The number of hydrogen-bond acceptors (Lipinski definition) is 5. The van der Waals surface area contributed by atoms with Crippen molar-refractivity contribution in [3.63, 3.8) is 0 Å². The van der Waals surface area contributed by atoms with Crippen LogP contribution < -0.4 is 9.47 Å². The van der Waals surface area contributed by atoms with E-state index in [-0.39, 0.29) is 6.23 Å². The Morgan fingerprint density at radius 2 is 1.51 bits per heavy atom. The minimum absolute atomic E-state index is 0.249. The predicted octanol–water partition coefficient (Wildman–Crippen LogP) is 5.39. The molecular weight excluding hydrogens is 466 g/mol. The largest absolute Gasteiger partial charge is 0.494 e. The summed E-state index contributed by atoms with van der Waals surface area (Å²) >= 11 is 0. The molecule has 37 heavy (non-hydrogen) atoms. The van der Waals surface area contributed by atoms with E-state index in [1.54, 1.807) is 24.3 Å². The first-order valence-electron chi connectivity index (χ1n) is 13.4. The lowest BCUT2D eigenvalue weighted by Gasteiger charge is -2.53. The van der Waals surface area contributed by atoms with Gasteiger partial charge in [-0.05, 0) is 43.0 Å². The van der Waals surface area contributed by atoms with Crippen LogP contribution in [0.15, 0.2) is 78.9 Å². The highest BCUT2D eigenvalue weighted by Gasteiger charge is 2.54. The molecule has 3 saturated heterocycles. The topological polar surface area (TPSA) is 65.0 Å². The highest BCUT2D eigenvalue weighted by atomic mass is 16.6. The maximum Gasteiger partial charge on any atom is 0.352 e. The number of piperidine rings is 3. The van der Waals surface area contributed by atoms with Crippen LogP contribution in [0.5, 0.6) is 17.2 Å². The minimum atomic E-state index is -1.91. The van der Waals surface area contributed by atoms with Crippen molar-refractivity contribution in [3.05, 3.63) is 90.0 Å². The number of esters is 1. The van der Waals surface area contributed by atoms with Gasteiger partial charge in [0.25, 0.3) is 0 Å². The fourth-order valence-corrected chi connectivity index (χ4v) is 6.33. The molecule has 2 bridgehead atoms. The van der Waals surface area contributed by atoms with Gasteiger partial charge in [0.1, 0.15) is 17.2 Å². The highest BCUT2D eigenvalue weighted by molar-refractivity contribution is 5.88. The zero-order valence-electron chi connectivity index (χ0n) is 21.1. The van der Waals surface area contributed by atoms with Gasteiger partial charge in [-0.25, -0.2) is 4.79 Å². The van der Waals surface area contributed by atoms with Gasteiger partial charge in [-0.15, -0.1) is 0 Å². The first-order chi connectivity index (χ1) is 18.1. The summed E-state index contributed by atoms with van der Waals surface area (Å²) < 4.78 is 19.0. The van der Waals surface area contributed by atoms with Gasteiger partial charge < -0.3 is 19.3 Å². The van der Waals surface area contributed by atoms with Crippen molar-refractivity contribution in [2.75, 3.05) is 26.2 Å². The summed E-state index contributed by atoms with van der Waals surface area (Å²) in [6.07, 6.45) is 4.87. The van der Waals surface area contributed by atoms with Gasteiger partial charge in [-0.1, -0.05) is 54.6 Å². The van der Waals surface area contributed by atoms with Crippen LogP contribution in [0.4, 0.5) is 0 Å². The normalized spacial score (nSPS) is 24.9. The Hall–Kier alpha value is -3.35. The van der Waals surface area contributed by atoms with E-state index in [0.29, 0.717) is 35.2 Å². The Morgan fingerprint density at radius 1 is 0.892 bits per heavy atom. The van der Waals surface area contributed by atoms with Gasteiger partial charge in [0.15, 0.2) is 0 Å². The Balaban J connectivity index is 1.18. The van der Waals surface area contributed by atoms with Crippen LogP contribution in [-0.2, 0) is 15.1 Å². The number of fused-ring (bicyclic) bond motifs is 5. The predicted molar refractivity (Wildman–Crippen MR) is 139 cm³/mol. The Labute approximate surface area is 218 Å². The molecule has 7 rings (SSSR count). The standard InChI is InChI=1S/C31H34NO5/c33-30(31(34)25-12-4-6-14-27(25)36-28-15-7-5-13-26(28)31)37-29-22-23-16-19-32(29,20-17-23)18-8-9-21-35-24-10-2-1-3-11-24/h1-7,10-15,23,29,34H,8-9,16-22H2/q+1/t23?,29-,32?/m1/s1. The summed E-state index contributed by atoms with van der Waals surface area (Å²) in [6.45, 7) is 3.63. The van der Waals surface area contributed by atoms with E-state index in [9.17, 15) is 9.90 Å². The molecule has 6 heteroatoms. The van der Waals surface area contributed by atoms with Crippen LogP contribution >= 0.6 is 0 Å². The van der Waals surface area contributed by atoms with Crippen LogP contribution in [0.3, 0.4) is 0 Å². The van der Waals surface area contributed by atoms with Crippen LogP contribution in [0.2, 0.25) is 0 Å². The number of carbonyl (C=O) groups excluding carboxylic acids is 1. The Bertz CT molecular complexity index is 1210. The summed E-state index contributed by atoms with van der Waals surface area (Å²) in [5, 5.41) is 12.0. The average Bonchev–Trinajstić information content (AvgIpc) is 2.94. The number of aliphatic hydroxyl groups is 1. The molecule has 4 aliphatic heterocycles. The number of rotatable bonds is 8. The number of para-hydroxylation sites is 3. The Morgan fingerprint density at radius 3 is 2.19 bits per heavy atom. The smallest absolute Gasteiger partial charge is 0.352 e. The van der Waals surface area contributed by atoms with Crippen molar-refractivity contribution < 1.29 is 28.6 Å². The van der Waals surface area contributed by atoms with Crippen LogP contribution in [0.25, 0.3) is 0 Å². The van der Waals surface area contributed by atoms with Crippen molar-refractivity contribution >= 4 is 5.97 Å². The third-order valence-electron chi connectivity index (χ3n) is 8.43. The van der Waals surface area contributed by atoms with E-state index in [2.05, 4.69) is 0 Å². The second-order valence-electron chi connectivity index (χ2n) is 10.6. The summed E-state index contributed by atoms with van der Waals surface area (Å²) in [5.74, 6) is 1.81. The van der Waals surface area contributed by atoms with E-state index in [1.807, 2.05) is 54.6 Å². The molecule has 1 atom stereocenters. The van der Waals surface area contributed by atoms with Crippen LogP contribution in [0.1, 0.15) is 43.2 Å². The van der Waals surface area contributed by atoms with Gasteiger partial charge >= 0.3 is 5.97 Å². The number of hydrogen-bond donors (Lipinski definition) is 1. The number of nitrogens with zero attached hydrogens (tertiary/aromatic N) is 1. The lowest BCUT2D eigenvalue weighted by atomic mass is 9.82. The third-order valence-corrected chi connectivity index (χ3v) is 8.43. The molecule has 0 aromatic heterocycles. The molecule has 192 valence electrons. The van der Waals surface area contributed by atoms with Crippen LogP contribution in [0, 0.1) is 5.92 Å². The molecular formula is C31H34NO5+. The second-order valence-corrected chi connectivity index (χ2v) is 10.6. The maximum absolute atomic E-state index is 13.9. The Kier molecular flexibility index (Phi) is 6.39. The van der Waals surface area contributed by atoms with Crippen molar-refractivity contribution in [2.45, 2.75) is 43.9 Å². The number of carbonyl (C=O) groups is 1. The lowest BCUT2D eigenvalue weighted by Crippen LogP contribution is -2.66. The van der Waals surface area contributed by atoms with Gasteiger partial charge in [0.2, 0.25) is 11.8 Å². The summed E-state index contributed by atoms with van der Waals surface area (Å²) in [6, 6.07) is 24.3. The molecule has 0 aliphatic carbocycles. The number of unbranched alkanes of at least 4 members (excludes halogenated alkanes) is 1. The van der Waals surface area contributed by atoms with Crippen molar-refractivity contribution in [1.29, 1.82) is 0 Å². The van der Waals surface area contributed by atoms with Crippen LogP contribution in [-0.4, -0.2) is 48.0 Å². The van der Waals surface area contributed by atoms with Gasteiger partial charge in [0.05, 0.1) is 26.2 Å². The number of quaternary nitrogens is 1. The number of benzene rings is 3. The molecule has 0 radical (unpaired) electrons. The zero-order valence-corrected chi connectivity index (χ0v) is 21.1. The van der Waals surface area contributed by atoms with Crippen molar-refractivity contribution in [3.8, 4) is 17.2 Å². The molecule has 0 spiro atoms. The molecule has 0 saturated carbocycles. The maximum atomic E-state index is 13.9. The van der Waals surface area contributed by atoms with E-state index < -0.39 is 11.6 Å². The fraction of sp³-hybridized carbons (Fsp3) is 0.387. The molecule has 3 aromatic carbocycles. The first kappa shape index (κ1) is 24.0. The zero-order chi connectivity index (χ0) is 25.3. The van der Waals surface area contributed by atoms with E-state index in [0.717, 1.165) is 49.1 Å². The number of ether oxygens (including phenoxy) is 3.